The van der Waals surface area contributed by atoms with E-state index >= 15 is 0 Å². The van der Waals surface area contributed by atoms with Gasteiger partial charge in [-0.1, -0.05) is 12.1 Å². The molecule has 8 heteroatoms. The number of nitrogens with one attached hydrogen (secondary N) is 2. The number of sulfonamides is 1. The molecule has 1 heterocycles. The molecule has 0 atom stereocenters. The Bertz CT molecular complexity index is 787. The lowest BCUT2D eigenvalue weighted by Gasteiger charge is -2.15. The standard InChI is InChI=1S/C13H16N4O3S/c1-17(8-12-14-13(18)16-15-12)21(19,20)11-6-4-10(5-7-11)9-2-3-9/h4-7,9H,2-3,8H2,1H3,(H2,14,15,16,18). The highest BCUT2D eigenvalue weighted by molar-refractivity contribution is 7.89. The summed E-state index contributed by atoms with van der Waals surface area (Å²) < 4.78 is 26.0. The van der Waals surface area contributed by atoms with Crippen molar-refractivity contribution in [2.45, 2.75) is 30.2 Å². The van der Waals surface area contributed by atoms with E-state index in [1.807, 2.05) is 12.1 Å². The van der Waals surface area contributed by atoms with Crippen molar-refractivity contribution in [3.8, 4) is 0 Å². The average molecular weight is 308 g/mol. The quantitative estimate of drug-likeness (QED) is 0.853. The van der Waals surface area contributed by atoms with Crippen LogP contribution in [0.2, 0.25) is 0 Å². The fourth-order valence-corrected chi connectivity index (χ4v) is 3.32. The lowest BCUT2D eigenvalue weighted by Crippen LogP contribution is -2.27. The van der Waals surface area contributed by atoms with Gasteiger partial charge in [0.15, 0.2) is 0 Å². The first-order valence-corrected chi connectivity index (χ1v) is 8.10. The maximum Gasteiger partial charge on any atom is 0.340 e. The first-order chi connectivity index (χ1) is 9.96. The molecule has 0 bridgehead atoms. The molecule has 0 unspecified atom stereocenters. The first kappa shape index (κ1) is 14.0. The lowest BCUT2D eigenvalue weighted by atomic mass is 10.1. The van der Waals surface area contributed by atoms with E-state index in [1.54, 1.807) is 12.1 Å². The summed E-state index contributed by atoms with van der Waals surface area (Å²) in [5, 5.41) is 5.92. The van der Waals surface area contributed by atoms with Crippen molar-refractivity contribution < 1.29 is 8.42 Å². The van der Waals surface area contributed by atoms with E-state index < -0.39 is 15.7 Å². The smallest absolute Gasteiger partial charge is 0.292 e. The SMILES string of the molecule is CN(Cc1n[nH]c(=O)[nH]1)S(=O)(=O)c1ccc(C2CC2)cc1. The van der Waals surface area contributed by atoms with Crippen LogP contribution in [-0.4, -0.2) is 35.0 Å². The average Bonchev–Trinajstić information content (AvgIpc) is 3.23. The maximum atomic E-state index is 12.4. The second-order valence-corrected chi connectivity index (χ2v) is 7.27. The van der Waals surface area contributed by atoms with E-state index in [0.717, 1.165) is 4.31 Å². The van der Waals surface area contributed by atoms with Crippen LogP contribution in [0, 0.1) is 0 Å². The molecule has 1 aliphatic carbocycles. The molecule has 2 aromatic rings. The van der Waals surface area contributed by atoms with Gasteiger partial charge in [-0.05, 0) is 36.5 Å². The van der Waals surface area contributed by atoms with Crippen LogP contribution >= 0.6 is 0 Å². The Morgan fingerprint density at radius 2 is 1.95 bits per heavy atom. The van der Waals surface area contributed by atoms with Crippen LogP contribution in [0.25, 0.3) is 0 Å². The van der Waals surface area contributed by atoms with Gasteiger partial charge >= 0.3 is 5.69 Å². The molecule has 112 valence electrons. The zero-order valence-electron chi connectivity index (χ0n) is 11.5. The topological polar surface area (TPSA) is 98.9 Å². The molecule has 0 radical (unpaired) electrons. The summed E-state index contributed by atoms with van der Waals surface area (Å²) >= 11 is 0. The highest BCUT2D eigenvalue weighted by Crippen LogP contribution is 2.40. The van der Waals surface area contributed by atoms with E-state index in [2.05, 4.69) is 15.2 Å². The minimum Gasteiger partial charge on any atom is -0.292 e. The number of H-pyrrole nitrogens is 2. The zero-order chi connectivity index (χ0) is 15.0. The van der Waals surface area contributed by atoms with Gasteiger partial charge in [-0.25, -0.2) is 18.3 Å². The van der Waals surface area contributed by atoms with Gasteiger partial charge in [-0.2, -0.15) is 9.40 Å². The van der Waals surface area contributed by atoms with Gasteiger partial charge in [0.05, 0.1) is 11.4 Å². The molecular formula is C13H16N4O3S. The minimum absolute atomic E-state index is 0.00541. The molecule has 2 N–H and O–H groups in total. The van der Waals surface area contributed by atoms with Crippen molar-refractivity contribution in [1.29, 1.82) is 0 Å². The van der Waals surface area contributed by atoms with E-state index in [0.29, 0.717) is 5.92 Å². The summed E-state index contributed by atoms with van der Waals surface area (Å²) in [6, 6.07) is 7.00. The van der Waals surface area contributed by atoms with E-state index in [1.165, 1.54) is 25.5 Å². The third kappa shape index (κ3) is 2.91. The number of rotatable bonds is 5. The van der Waals surface area contributed by atoms with Gasteiger partial charge in [0.25, 0.3) is 0 Å². The van der Waals surface area contributed by atoms with Crippen molar-refractivity contribution in [3.63, 3.8) is 0 Å². The second-order valence-electron chi connectivity index (χ2n) is 5.23. The summed E-state index contributed by atoms with van der Waals surface area (Å²) in [5.41, 5.74) is 0.734. The Hall–Kier alpha value is -1.93. The van der Waals surface area contributed by atoms with Crippen molar-refractivity contribution in [1.82, 2.24) is 19.5 Å². The Balaban J connectivity index is 1.79. The van der Waals surface area contributed by atoms with Gasteiger partial charge in [-0.3, -0.25) is 4.98 Å². The van der Waals surface area contributed by atoms with Crippen LogP contribution in [-0.2, 0) is 16.6 Å². The Labute approximate surface area is 122 Å². The highest BCUT2D eigenvalue weighted by atomic mass is 32.2. The van der Waals surface area contributed by atoms with Crippen molar-refractivity contribution in [3.05, 3.63) is 46.1 Å². The van der Waals surface area contributed by atoms with Crippen LogP contribution in [0.1, 0.15) is 30.1 Å². The number of aromatic nitrogens is 3. The van der Waals surface area contributed by atoms with Crippen LogP contribution in [0.15, 0.2) is 34.0 Å². The number of nitrogens with zero attached hydrogens (tertiary/aromatic N) is 2. The lowest BCUT2D eigenvalue weighted by molar-refractivity contribution is 0.457. The minimum atomic E-state index is -3.59. The van der Waals surface area contributed by atoms with Gasteiger partial charge in [0.2, 0.25) is 10.0 Å². The van der Waals surface area contributed by atoms with Gasteiger partial charge in [0.1, 0.15) is 5.82 Å². The molecule has 3 rings (SSSR count). The van der Waals surface area contributed by atoms with Crippen LogP contribution < -0.4 is 5.69 Å². The summed E-state index contributed by atoms with van der Waals surface area (Å²) in [6.07, 6.45) is 2.36. The fraction of sp³-hybridized carbons (Fsp3) is 0.385. The monoisotopic (exact) mass is 308 g/mol. The molecule has 1 aromatic carbocycles. The van der Waals surface area contributed by atoms with Crippen molar-refractivity contribution >= 4 is 10.0 Å². The number of benzene rings is 1. The molecule has 1 aliphatic rings. The van der Waals surface area contributed by atoms with Gasteiger partial charge in [-0.15, -0.1) is 0 Å². The van der Waals surface area contributed by atoms with E-state index in [4.69, 9.17) is 0 Å². The third-order valence-corrected chi connectivity index (χ3v) is 5.38. The van der Waals surface area contributed by atoms with E-state index in [-0.39, 0.29) is 17.3 Å². The molecule has 1 saturated carbocycles. The molecule has 1 aromatic heterocycles. The number of aromatic amines is 2. The predicted octanol–water partition coefficient (Wildman–Crippen LogP) is 0.796. The predicted molar refractivity (Wildman–Crippen MR) is 76.3 cm³/mol. The molecule has 0 amide bonds. The highest BCUT2D eigenvalue weighted by Gasteiger charge is 2.25. The Kier molecular flexibility index (Phi) is 3.42. The molecular weight excluding hydrogens is 292 g/mol. The normalized spacial score (nSPS) is 15.5. The fourth-order valence-electron chi connectivity index (χ4n) is 2.18. The van der Waals surface area contributed by atoms with Gasteiger partial charge < -0.3 is 0 Å². The van der Waals surface area contributed by atoms with Crippen molar-refractivity contribution in [2.75, 3.05) is 7.05 Å². The first-order valence-electron chi connectivity index (χ1n) is 6.66. The Morgan fingerprint density at radius 3 is 2.48 bits per heavy atom. The molecule has 1 fully saturated rings. The third-order valence-electron chi connectivity index (χ3n) is 3.56. The molecule has 21 heavy (non-hydrogen) atoms. The molecule has 0 spiro atoms. The summed E-state index contributed by atoms with van der Waals surface area (Å²) in [7, 11) is -2.14. The summed E-state index contributed by atoms with van der Waals surface area (Å²) in [5.74, 6) is 0.870. The molecule has 0 aliphatic heterocycles. The summed E-state index contributed by atoms with van der Waals surface area (Å²) in [6.45, 7) is 0.00541. The Morgan fingerprint density at radius 1 is 1.29 bits per heavy atom. The maximum absolute atomic E-state index is 12.4. The van der Waals surface area contributed by atoms with Crippen molar-refractivity contribution in [2.24, 2.45) is 0 Å². The van der Waals surface area contributed by atoms with Crippen LogP contribution in [0.4, 0.5) is 0 Å². The van der Waals surface area contributed by atoms with E-state index in [9.17, 15) is 13.2 Å². The molecule has 7 nitrogen and oxygen atoms in total. The van der Waals surface area contributed by atoms with Crippen LogP contribution in [0.3, 0.4) is 0 Å². The van der Waals surface area contributed by atoms with Crippen LogP contribution in [0.5, 0.6) is 0 Å². The largest absolute Gasteiger partial charge is 0.340 e. The number of hydrogen-bond donors (Lipinski definition) is 2. The summed E-state index contributed by atoms with van der Waals surface area (Å²) in [4.78, 5) is 13.6. The van der Waals surface area contributed by atoms with Gasteiger partial charge in [0, 0.05) is 7.05 Å². The molecule has 0 saturated heterocycles. The number of hydrogen-bond acceptors (Lipinski definition) is 4. The zero-order valence-corrected chi connectivity index (χ0v) is 12.4. The second kappa shape index (κ2) is 5.12.